The van der Waals surface area contributed by atoms with Gasteiger partial charge in [0.1, 0.15) is 17.3 Å². The number of aromatic nitrogens is 1. The van der Waals surface area contributed by atoms with Crippen molar-refractivity contribution >= 4 is 29.0 Å². The molecule has 35 heavy (non-hydrogen) atoms. The van der Waals surface area contributed by atoms with Crippen LogP contribution >= 0.6 is 11.3 Å². The third-order valence-electron chi connectivity index (χ3n) is 5.87. The molecule has 2 heterocycles. The van der Waals surface area contributed by atoms with Crippen molar-refractivity contribution in [3.8, 4) is 10.4 Å². The van der Waals surface area contributed by atoms with Crippen LogP contribution in [0.3, 0.4) is 0 Å². The van der Waals surface area contributed by atoms with Crippen molar-refractivity contribution in [1.82, 2.24) is 9.88 Å². The Morgan fingerprint density at radius 2 is 1.83 bits per heavy atom. The van der Waals surface area contributed by atoms with Crippen LogP contribution in [0.25, 0.3) is 10.4 Å². The molecule has 1 amide bonds. The van der Waals surface area contributed by atoms with Gasteiger partial charge in [0.05, 0.1) is 21.9 Å². The number of carbonyl (C=O) groups excluding carboxylic acids is 3. The number of benzene rings is 2. The lowest BCUT2D eigenvalue weighted by Gasteiger charge is -2.35. The van der Waals surface area contributed by atoms with Crippen molar-refractivity contribution in [2.45, 2.75) is 38.6 Å². The summed E-state index contributed by atoms with van der Waals surface area (Å²) < 4.78 is 32.3. The fourth-order valence-electron chi connectivity index (χ4n) is 4.15. The smallest absolute Gasteiger partial charge is 0.308 e. The molecule has 2 aromatic carbocycles. The molecule has 1 aromatic heterocycles. The van der Waals surface area contributed by atoms with Crippen molar-refractivity contribution in [1.29, 1.82) is 0 Å². The fraction of sp³-hybridized carbons (Fsp3) is 0.308. The van der Waals surface area contributed by atoms with Gasteiger partial charge in [0.15, 0.2) is 6.61 Å². The Balaban J connectivity index is 1.45. The van der Waals surface area contributed by atoms with Gasteiger partial charge < -0.3 is 9.64 Å². The van der Waals surface area contributed by atoms with E-state index in [2.05, 4.69) is 4.98 Å². The Labute approximate surface area is 205 Å². The lowest BCUT2D eigenvalue weighted by Crippen LogP contribution is -2.45. The van der Waals surface area contributed by atoms with Gasteiger partial charge in [0.25, 0.3) is 5.91 Å². The number of rotatable bonds is 7. The predicted molar refractivity (Wildman–Crippen MR) is 127 cm³/mol. The summed E-state index contributed by atoms with van der Waals surface area (Å²) in [6.45, 7) is 1.69. The quantitative estimate of drug-likeness (QED) is 0.330. The molecule has 1 aliphatic rings. The fourth-order valence-corrected chi connectivity index (χ4v) is 5.06. The van der Waals surface area contributed by atoms with E-state index in [0.717, 1.165) is 12.8 Å². The molecule has 0 saturated carbocycles. The molecule has 0 spiro atoms. The number of halogens is 2. The number of amides is 1. The number of piperidine rings is 1. The van der Waals surface area contributed by atoms with Crippen LogP contribution in [0.5, 0.6) is 0 Å². The molecule has 182 valence electrons. The first-order chi connectivity index (χ1) is 16.8. The second-order valence-corrected chi connectivity index (χ2v) is 9.54. The number of ketones is 1. The summed E-state index contributed by atoms with van der Waals surface area (Å²) in [7, 11) is 0. The van der Waals surface area contributed by atoms with E-state index in [1.54, 1.807) is 24.0 Å². The van der Waals surface area contributed by atoms with Crippen LogP contribution in [0.15, 0.2) is 48.5 Å². The van der Waals surface area contributed by atoms with E-state index in [1.165, 1.54) is 47.7 Å². The number of hydrogen-bond donors (Lipinski definition) is 0. The maximum absolute atomic E-state index is 13.8. The minimum Gasteiger partial charge on any atom is -0.457 e. The van der Waals surface area contributed by atoms with E-state index < -0.39 is 30.2 Å². The second-order valence-electron chi connectivity index (χ2n) is 8.33. The highest BCUT2D eigenvalue weighted by Crippen LogP contribution is 2.33. The molecule has 0 unspecified atom stereocenters. The summed E-state index contributed by atoms with van der Waals surface area (Å²) in [4.78, 5) is 44.9. The minimum atomic E-state index is -0.673. The maximum atomic E-state index is 13.8. The van der Waals surface area contributed by atoms with E-state index >= 15 is 0 Å². The zero-order chi connectivity index (χ0) is 24.9. The van der Waals surface area contributed by atoms with Gasteiger partial charge in [-0.25, -0.2) is 13.8 Å². The summed E-state index contributed by atoms with van der Waals surface area (Å²) >= 11 is 1.35. The van der Waals surface area contributed by atoms with Crippen molar-refractivity contribution < 1.29 is 27.9 Å². The summed E-state index contributed by atoms with van der Waals surface area (Å²) in [5.41, 5.74) is 0.830. The number of likely N-dealkylation sites (tertiary alicyclic amines) is 1. The summed E-state index contributed by atoms with van der Waals surface area (Å²) in [5.74, 6) is -2.60. The average Bonchev–Trinajstić information content (AvgIpc) is 3.25. The van der Waals surface area contributed by atoms with Gasteiger partial charge in [-0.2, -0.15) is 0 Å². The molecule has 0 radical (unpaired) electrons. The molecule has 0 N–H and O–H groups in total. The van der Waals surface area contributed by atoms with Gasteiger partial charge in [0, 0.05) is 12.6 Å². The number of nitrogens with zero attached hydrogens (tertiary/aromatic N) is 2. The molecular formula is C26H24F2N2O4S. The second kappa shape index (κ2) is 10.9. The number of Topliss-reactive ketones (excluding diaryl/α,β-unsaturated/α-hetero) is 1. The predicted octanol–water partition coefficient (Wildman–Crippen LogP) is 5.21. The van der Waals surface area contributed by atoms with Crippen LogP contribution in [0.4, 0.5) is 8.78 Å². The number of esters is 1. The van der Waals surface area contributed by atoms with E-state index in [-0.39, 0.29) is 29.4 Å². The standard InChI is InChI=1S/C26H24F2N2O4S/c1-16-29-24(25(35-16)17-9-11-18(27)12-10-17)26(33)30-13-5-4-6-19(30)14-23(32)34-15-22(31)20-7-2-3-8-21(20)28/h2-3,7-12,19H,4-6,13-15H2,1H3/t19-/m1/s1. The van der Waals surface area contributed by atoms with E-state index in [9.17, 15) is 23.2 Å². The molecule has 1 aliphatic heterocycles. The third-order valence-corrected chi connectivity index (χ3v) is 6.89. The average molecular weight is 499 g/mol. The maximum Gasteiger partial charge on any atom is 0.308 e. The topological polar surface area (TPSA) is 76.6 Å². The van der Waals surface area contributed by atoms with Gasteiger partial charge in [-0.05, 0) is 56.0 Å². The Hall–Kier alpha value is -3.46. The number of hydrogen-bond acceptors (Lipinski definition) is 6. The van der Waals surface area contributed by atoms with E-state index in [4.69, 9.17) is 4.74 Å². The normalized spacial score (nSPS) is 15.6. The highest BCUT2D eigenvalue weighted by Gasteiger charge is 2.32. The van der Waals surface area contributed by atoms with Crippen LogP contribution < -0.4 is 0 Å². The summed E-state index contributed by atoms with van der Waals surface area (Å²) in [6, 6.07) is 11.0. The Morgan fingerprint density at radius 1 is 1.09 bits per heavy atom. The van der Waals surface area contributed by atoms with Gasteiger partial charge in [-0.1, -0.05) is 24.3 Å². The molecule has 1 atom stereocenters. The highest BCUT2D eigenvalue weighted by molar-refractivity contribution is 7.15. The highest BCUT2D eigenvalue weighted by atomic mass is 32.1. The van der Waals surface area contributed by atoms with Crippen LogP contribution in [0.2, 0.25) is 0 Å². The lowest BCUT2D eigenvalue weighted by atomic mass is 9.98. The van der Waals surface area contributed by atoms with Gasteiger partial charge >= 0.3 is 5.97 Å². The Kier molecular flexibility index (Phi) is 7.65. The molecule has 9 heteroatoms. The molecular weight excluding hydrogens is 474 g/mol. The van der Waals surface area contributed by atoms with Crippen LogP contribution in [-0.4, -0.2) is 46.7 Å². The summed E-state index contributed by atoms with van der Waals surface area (Å²) in [6.07, 6.45) is 2.16. The van der Waals surface area contributed by atoms with E-state index in [0.29, 0.717) is 28.4 Å². The Morgan fingerprint density at radius 3 is 2.57 bits per heavy atom. The molecule has 1 saturated heterocycles. The van der Waals surface area contributed by atoms with Crippen molar-refractivity contribution in [2.24, 2.45) is 0 Å². The van der Waals surface area contributed by atoms with Crippen molar-refractivity contribution in [2.75, 3.05) is 13.2 Å². The molecule has 0 bridgehead atoms. The Bertz CT molecular complexity index is 1240. The summed E-state index contributed by atoms with van der Waals surface area (Å²) in [5, 5.41) is 0.701. The van der Waals surface area contributed by atoms with Gasteiger partial charge in [0.2, 0.25) is 5.78 Å². The molecule has 0 aliphatic carbocycles. The van der Waals surface area contributed by atoms with E-state index in [1.807, 2.05) is 0 Å². The monoisotopic (exact) mass is 498 g/mol. The molecule has 6 nitrogen and oxygen atoms in total. The first-order valence-corrected chi connectivity index (χ1v) is 12.1. The van der Waals surface area contributed by atoms with Crippen molar-refractivity contribution in [3.63, 3.8) is 0 Å². The van der Waals surface area contributed by atoms with Crippen LogP contribution in [-0.2, 0) is 9.53 Å². The first kappa shape index (κ1) is 24.7. The van der Waals surface area contributed by atoms with Gasteiger partial charge in [-0.15, -0.1) is 11.3 Å². The molecule has 4 rings (SSSR count). The van der Waals surface area contributed by atoms with Crippen LogP contribution in [0, 0.1) is 18.6 Å². The number of thiazole rings is 1. The van der Waals surface area contributed by atoms with Gasteiger partial charge in [-0.3, -0.25) is 14.4 Å². The molecule has 1 fully saturated rings. The van der Waals surface area contributed by atoms with Crippen molar-refractivity contribution in [3.05, 3.63) is 76.4 Å². The number of carbonyl (C=O) groups is 3. The zero-order valence-electron chi connectivity index (χ0n) is 19.1. The zero-order valence-corrected chi connectivity index (χ0v) is 19.9. The number of ether oxygens (including phenoxy) is 1. The SMILES string of the molecule is Cc1nc(C(=O)N2CCCC[C@@H]2CC(=O)OCC(=O)c2ccccc2F)c(-c2ccc(F)cc2)s1. The first-order valence-electron chi connectivity index (χ1n) is 11.3. The molecule has 3 aromatic rings. The van der Waals surface area contributed by atoms with Crippen LogP contribution in [0.1, 0.15) is 51.5 Å². The number of aryl methyl sites for hydroxylation is 1. The lowest BCUT2D eigenvalue weighted by molar-refractivity contribution is -0.143. The largest absolute Gasteiger partial charge is 0.457 e. The minimum absolute atomic E-state index is 0.0781. The third kappa shape index (κ3) is 5.79.